The van der Waals surface area contributed by atoms with E-state index in [9.17, 15) is 13.6 Å². The van der Waals surface area contributed by atoms with Crippen molar-refractivity contribution in [1.29, 1.82) is 0 Å². The third-order valence-electron chi connectivity index (χ3n) is 1.78. The fourth-order valence-electron chi connectivity index (χ4n) is 1.01. The summed E-state index contributed by atoms with van der Waals surface area (Å²) in [5.74, 6) is -2.36. The minimum absolute atomic E-state index is 0.128. The highest BCUT2D eigenvalue weighted by Gasteiger charge is 2.08. The molecular weight excluding hydrogens is 268 g/mol. The molecule has 0 aliphatic rings. The third kappa shape index (κ3) is 3.58. The molecule has 5 heteroatoms. The first kappa shape index (κ1) is 12.1. The average Bonchev–Trinajstić information content (AvgIpc) is 2.22. The summed E-state index contributed by atoms with van der Waals surface area (Å²) in [6.45, 7) is 0.503. The number of amides is 1. The summed E-state index contributed by atoms with van der Waals surface area (Å²) < 4.78 is 25.3. The van der Waals surface area contributed by atoms with Gasteiger partial charge in [0.25, 0.3) is 5.91 Å². The largest absolute Gasteiger partial charge is 0.352 e. The molecule has 15 heavy (non-hydrogen) atoms. The zero-order chi connectivity index (χ0) is 11.3. The molecule has 0 atom stereocenters. The van der Waals surface area contributed by atoms with Crippen LogP contribution in [0.25, 0.3) is 0 Å². The summed E-state index contributed by atoms with van der Waals surface area (Å²) in [6, 6.07) is 3.08. The number of hydrogen-bond donors (Lipinski definition) is 1. The lowest BCUT2D eigenvalue weighted by atomic mass is 10.2. The van der Waals surface area contributed by atoms with Crippen LogP contribution in [0.4, 0.5) is 8.78 Å². The first-order valence-corrected chi connectivity index (χ1v) is 5.56. The normalized spacial score (nSPS) is 10.1. The van der Waals surface area contributed by atoms with Crippen molar-refractivity contribution in [2.24, 2.45) is 0 Å². The van der Waals surface area contributed by atoms with Crippen molar-refractivity contribution in [3.63, 3.8) is 0 Å². The minimum atomic E-state index is -1.01. The summed E-state index contributed by atoms with van der Waals surface area (Å²) in [6.07, 6.45) is 0.787. The standard InChI is InChI=1S/C10H10BrF2NO/c11-4-1-5-14-10(15)7-2-3-8(12)9(13)6-7/h2-3,6H,1,4-5H2,(H,14,15). The van der Waals surface area contributed by atoms with Gasteiger partial charge >= 0.3 is 0 Å². The van der Waals surface area contributed by atoms with Gasteiger partial charge in [-0.05, 0) is 24.6 Å². The van der Waals surface area contributed by atoms with E-state index < -0.39 is 17.5 Å². The van der Waals surface area contributed by atoms with E-state index in [4.69, 9.17) is 0 Å². The van der Waals surface area contributed by atoms with Crippen LogP contribution in [0, 0.1) is 11.6 Å². The van der Waals surface area contributed by atoms with Gasteiger partial charge in [0.05, 0.1) is 0 Å². The highest BCUT2D eigenvalue weighted by atomic mass is 79.9. The zero-order valence-electron chi connectivity index (χ0n) is 7.90. The topological polar surface area (TPSA) is 29.1 Å². The zero-order valence-corrected chi connectivity index (χ0v) is 9.48. The van der Waals surface area contributed by atoms with Gasteiger partial charge in [0.15, 0.2) is 11.6 Å². The van der Waals surface area contributed by atoms with Crippen molar-refractivity contribution in [2.45, 2.75) is 6.42 Å². The molecule has 1 aromatic carbocycles. The molecular formula is C10H10BrF2NO. The Balaban J connectivity index is 2.62. The maximum absolute atomic E-state index is 12.8. The van der Waals surface area contributed by atoms with E-state index in [-0.39, 0.29) is 5.56 Å². The molecule has 1 aromatic rings. The molecule has 1 amide bonds. The monoisotopic (exact) mass is 277 g/mol. The number of benzene rings is 1. The van der Waals surface area contributed by atoms with Crippen molar-refractivity contribution >= 4 is 21.8 Å². The molecule has 0 spiro atoms. The first-order valence-electron chi connectivity index (χ1n) is 4.44. The molecule has 1 rings (SSSR count). The number of nitrogens with one attached hydrogen (secondary N) is 1. The molecule has 1 N–H and O–H groups in total. The van der Waals surface area contributed by atoms with Crippen molar-refractivity contribution in [3.05, 3.63) is 35.4 Å². The smallest absolute Gasteiger partial charge is 0.251 e. The number of rotatable bonds is 4. The summed E-state index contributed by atoms with van der Waals surface area (Å²) in [5, 5.41) is 3.37. The maximum Gasteiger partial charge on any atom is 0.251 e. The van der Waals surface area contributed by atoms with Gasteiger partial charge in [-0.15, -0.1) is 0 Å². The minimum Gasteiger partial charge on any atom is -0.352 e. The van der Waals surface area contributed by atoms with E-state index in [0.29, 0.717) is 6.54 Å². The van der Waals surface area contributed by atoms with Gasteiger partial charge in [0.1, 0.15) is 0 Å². The molecule has 2 nitrogen and oxygen atoms in total. The summed E-state index contributed by atoms with van der Waals surface area (Å²) in [7, 11) is 0. The summed E-state index contributed by atoms with van der Waals surface area (Å²) >= 11 is 3.22. The van der Waals surface area contributed by atoms with Crippen molar-refractivity contribution in [3.8, 4) is 0 Å². The van der Waals surface area contributed by atoms with E-state index in [1.165, 1.54) is 6.07 Å². The van der Waals surface area contributed by atoms with E-state index in [2.05, 4.69) is 21.2 Å². The van der Waals surface area contributed by atoms with Crippen LogP contribution in [0.15, 0.2) is 18.2 Å². The molecule has 0 aliphatic heterocycles. The number of hydrogen-bond acceptors (Lipinski definition) is 1. The van der Waals surface area contributed by atoms with Gasteiger partial charge in [-0.3, -0.25) is 4.79 Å². The molecule has 0 bridgehead atoms. The molecule has 0 saturated carbocycles. The number of halogens is 3. The van der Waals surface area contributed by atoms with E-state index in [1.807, 2.05) is 0 Å². The second-order valence-electron chi connectivity index (χ2n) is 2.93. The molecule has 0 radical (unpaired) electrons. The first-order chi connectivity index (χ1) is 7.15. The lowest BCUT2D eigenvalue weighted by Gasteiger charge is -2.03. The molecule has 0 heterocycles. The second kappa shape index (κ2) is 5.80. The second-order valence-corrected chi connectivity index (χ2v) is 3.72. The van der Waals surface area contributed by atoms with Crippen molar-refractivity contribution < 1.29 is 13.6 Å². The SMILES string of the molecule is O=C(NCCCBr)c1ccc(F)c(F)c1. The molecule has 0 unspecified atom stereocenters. The van der Waals surface area contributed by atoms with E-state index in [0.717, 1.165) is 23.9 Å². The van der Waals surface area contributed by atoms with Gasteiger partial charge in [-0.1, -0.05) is 15.9 Å². The Morgan fingerprint density at radius 3 is 2.67 bits per heavy atom. The molecule has 0 aromatic heterocycles. The average molecular weight is 278 g/mol. The van der Waals surface area contributed by atoms with Crippen LogP contribution in [0.1, 0.15) is 16.8 Å². The Morgan fingerprint density at radius 2 is 2.07 bits per heavy atom. The molecule has 0 aliphatic carbocycles. The molecule has 0 saturated heterocycles. The van der Waals surface area contributed by atoms with Crippen molar-refractivity contribution in [1.82, 2.24) is 5.32 Å². The van der Waals surface area contributed by atoms with Crippen LogP contribution >= 0.6 is 15.9 Å². The summed E-state index contributed by atoms with van der Waals surface area (Å²) in [4.78, 5) is 11.4. The van der Waals surface area contributed by atoms with Gasteiger partial charge < -0.3 is 5.32 Å². The predicted octanol–water partition coefficient (Wildman–Crippen LogP) is 2.48. The number of carbonyl (C=O) groups is 1. The van der Waals surface area contributed by atoms with Crippen LogP contribution in [0.3, 0.4) is 0 Å². The Kier molecular flexibility index (Phi) is 4.68. The highest BCUT2D eigenvalue weighted by Crippen LogP contribution is 2.08. The Bertz CT molecular complexity index is 357. The Labute approximate surface area is 94.8 Å². The fraction of sp³-hybridized carbons (Fsp3) is 0.300. The van der Waals surface area contributed by atoms with Crippen LogP contribution in [0.5, 0.6) is 0 Å². The van der Waals surface area contributed by atoms with Crippen molar-refractivity contribution in [2.75, 3.05) is 11.9 Å². The van der Waals surface area contributed by atoms with E-state index >= 15 is 0 Å². The lowest BCUT2D eigenvalue weighted by Crippen LogP contribution is -2.24. The van der Waals surface area contributed by atoms with Crippen LogP contribution in [-0.2, 0) is 0 Å². The van der Waals surface area contributed by atoms with Gasteiger partial charge in [-0.2, -0.15) is 0 Å². The van der Waals surface area contributed by atoms with Gasteiger partial charge in [0, 0.05) is 17.4 Å². The number of carbonyl (C=O) groups excluding carboxylic acids is 1. The van der Waals surface area contributed by atoms with Crippen LogP contribution < -0.4 is 5.32 Å². The highest BCUT2D eigenvalue weighted by molar-refractivity contribution is 9.09. The third-order valence-corrected chi connectivity index (χ3v) is 2.34. The Morgan fingerprint density at radius 1 is 1.33 bits per heavy atom. The number of alkyl halides is 1. The van der Waals surface area contributed by atoms with Crippen LogP contribution in [-0.4, -0.2) is 17.8 Å². The van der Waals surface area contributed by atoms with Gasteiger partial charge in [-0.25, -0.2) is 8.78 Å². The van der Waals surface area contributed by atoms with Gasteiger partial charge in [0.2, 0.25) is 0 Å². The molecule has 82 valence electrons. The fourth-order valence-corrected chi connectivity index (χ4v) is 1.29. The Hall–Kier alpha value is -0.970. The predicted molar refractivity (Wildman–Crippen MR) is 57.1 cm³/mol. The van der Waals surface area contributed by atoms with E-state index in [1.54, 1.807) is 0 Å². The quantitative estimate of drug-likeness (QED) is 0.665. The summed E-state index contributed by atoms with van der Waals surface area (Å²) in [5.41, 5.74) is 0.128. The lowest BCUT2D eigenvalue weighted by molar-refractivity contribution is 0.0953. The molecule has 0 fully saturated rings. The van der Waals surface area contributed by atoms with Crippen LogP contribution in [0.2, 0.25) is 0 Å². The maximum atomic E-state index is 12.8.